The molecule has 10 heteroatoms. The van der Waals surface area contributed by atoms with Crippen LogP contribution in [-0.2, 0) is 10.1 Å². The molecule has 0 fully saturated rings. The zero-order chi connectivity index (χ0) is 16.9. The number of benzene rings is 2. The van der Waals surface area contributed by atoms with E-state index >= 15 is 0 Å². The van der Waals surface area contributed by atoms with Gasteiger partial charge in [-0.3, -0.25) is 14.7 Å². The SMILES string of the molecule is Nc1ccccc1O.O=[N+]([O-])c1cc(S(=O)(=O)O)ccc1O. The Balaban J connectivity index is 0.000000255. The normalized spacial score (nSPS) is 10.4. The molecule has 0 atom stereocenters. The second-order valence-electron chi connectivity index (χ2n) is 3.94. The summed E-state index contributed by atoms with van der Waals surface area (Å²) < 4.78 is 29.7. The molecule has 118 valence electrons. The van der Waals surface area contributed by atoms with Crippen molar-refractivity contribution in [3.05, 3.63) is 52.6 Å². The van der Waals surface area contributed by atoms with Crippen LogP contribution in [0.2, 0.25) is 0 Å². The highest BCUT2D eigenvalue weighted by Crippen LogP contribution is 2.27. The summed E-state index contributed by atoms with van der Waals surface area (Å²) >= 11 is 0. The van der Waals surface area contributed by atoms with E-state index in [2.05, 4.69) is 0 Å². The number of nitro benzene ring substituents is 1. The molecule has 2 aromatic rings. The average Bonchev–Trinajstić information content (AvgIpc) is 2.42. The zero-order valence-electron chi connectivity index (χ0n) is 10.9. The third kappa shape index (κ3) is 4.61. The van der Waals surface area contributed by atoms with Crippen molar-refractivity contribution in [2.75, 3.05) is 5.73 Å². The van der Waals surface area contributed by atoms with Gasteiger partial charge in [0.1, 0.15) is 10.6 Å². The quantitative estimate of drug-likeness (QED) is 0.212. The van der Waals surface area contributed by atoms with Crippen LogP contribution in [0.25, 0.3) is 0 Å². The Morgan fingerprint density at radius 2 is 1.64 bits per heavy atom. The maximum atomic E-state index is 10.6. The molecule has 5 N–H and O–H groups in total. The summed E-state index contributed by atoms with van der Waals surface area (Å²) in [6.45, 7) is 0. The van der Waals surface area contributed by atoms with Crippen molar-refractivity contribution < 1.29 is 28.1 Å². The van der Waals surface area contributed by atoms with Gasteiger partial charge in [0.2, 0.25) is 0 Å². The van der Waals surface area contributed by atoms with E-state index in [1.807, 2.05) is 0 Å². The second kappa shape index (κ2) is 6.74. The van der Waals surface area contributed by atoms with Crippen LogP contribution < -0.4 is 5.73 Å². The van der Waals surface area contributed by atoms with Gasteiger partial charge >= 0.3 is 5.69 Å². The molecule has 0 aliphatic carbocycles. The van der Waals surface area contributed by atoms with E-state index in [0.717, 1.165) is 12.1 Å². The molecule has 22 heavy (non-hydrogen) atoms. The molecule has 0 spiro atoms. The lowest BCUT2D eigenvalue weighted by Gasteiger charge is -1.98. The number of hydrogen-bond acceptors (Lipinski definition) is 7. The van der Waals surface area contributed by atoms with Gasteiger partial charge in [0.25, 0.3) is 10.1 Å². The zero-order valence-corrected chi connectivity index (χ0v) is 11.8. The van der Waals surface area contributed by atoms with E-state index in [-0.39, 0.29) is 5.75 Å². The first-order valence-electron chi connectivity index (χ1n) is 5.61. The predicted molar refractivity (Wildman–Crippen MR) is 77.1 cm³/mol. The Morgan fingerprint density at radius 3 is 2.05 bits per heavy atom. The van der Waals surface area contributed by atoms with Gasteiger partial charge in [0, 0.05) is 6.07 Å². The number of nitrogens with two attached hydrogens (primary N) is 1. The van der Waals surface area contributed by atoms with Crippen molar-refractivity contribution >= 4 is 21.5 Å². The largest absolute Gasteiger partial charge is 0.506 e. The van der Waals surface area contributed by atoms with Gasteiger partial charge in [-0.2, -0.15) is 8.42 Å². The number of anilines is 1. The molecule has 0 saturated heterocycles. The average molecular weight is 328 g/mol. The summed E-state index contributed by atoms with van der Waals surface area (Å²) in [6.07, 6.45) is 0. The molecule has 0 bridgehead atoms. The summed E-state index contributed by atoms with van der Waals surface area (Å²) in [5.74, 6) is -0.519. The number of phenolic OH excluding ortho intramolecular Hbond substituents is 2. The molecule has 2 aromatic carbocycles. The lowest BCUT2D eigenvalue weighted by atomic mass is 10.3. The molecule has 0 unspecified atom stereocenters. The van der Waals surface area contributed by atoms with Gasteiger partial charge in [0.05, 0.1) is 10.6 Å². The second-order valence-corrected chi connectivity index (χ2v) is 5.36. The van der Waals surface area contributed by atoms with E-state index in [1.165, 1.54) is 0 Å². The standard InChI is InChI=1S/C6H5NO6S.C6H7NO/c8-6-2-1-4(14(11,12)13)3-5(6)7(9)10;7-5-3-1-2-4-6(5)8/h1-3,8H,(H,11,12,13);1-4,8H,7H2. The molecular weight excluding hydrogens is 316 g/mol. The minimum absolute atomic E-state index is 0.146. The van der Waals surface area contributed by atoms with Crippen molar-refractivity contribution in [1.29, 1.82) is 0 Å². The van der Waals surface area contributed by atoms with Gasteiger partial charge < -0.3 is 15.9 Å². The van der Waals surface area contributed by atoms with E-state index in [1.54, 1.807) is 24.3 Å². The van der Waals surface area contributed by atoms with E-state index in [9.17, 15) is 18.5 Å². The fourth-order valence-electron chi connectivity index (χ4n) is 1.30. The maximum Gasteiger partial charge on any atom is 0.312 e. The number of phenols is 2. The molecular formula is C12H12N2O7S. The number of para-hydroxylation sites is 2. The molecule has 0 aromatic heterocycles. The molecule has 2 rings (SSSR count). The first-order valence-corrected chi connectivity index (χ1v) is 7.05. The Morgan fingerprint density at radius 1 is 1.05 bits per heavy atom. The van der Waals surface area contributed by atoms with Gasteiger partial charge in [-0.15, -0.1) is 0 Å². The monoisotopic (exact) mass is 328 g/mol. The van der Waals surface area contributed by atoms with Crippen LogP contribution in [0.15, 0.2) is 47.4 Å². The Labute approximate surface area is 125 Å². The van der Waals surface area contributed by atoms with Gasteiger partial charge in [0.15, 0.2) is 5.75 Å². The van der Waals surface area contributed by atoms with E-state index < -0.39 is 31.4 Å². The number of hydrogen-bond donors (Lipinski definition) is 4. The first kappa shape index (κ1) is 17.2. The Hall–Kier alpha value is -2.85. The Kier molecular flexibility index (Phi) is 5.27. The van der Waals surface area contributed by atoms with Crippen molar-refractivity contribution in [3.8, 4) is 11.5 Å². The minimum atomic E-state index is -4.49. The van der Waals surface area contributed by atoms with Crippen molar-refractivity contribution in [2.24, 2.45) is 0 Å². The third-order valence-electron chi connectivity index (χ3n) is 2.38. The fourth-order valence-corrected chi connectivity index (χ4v) is 1.80. The smallest absolute Gasteiger partial charge is 0.312 e. The van der Waals surface area contributed by atoms with Crippen molar-refractivity contribution in [1.82, 2.24) is 0 Å². The van der Waals surface area contributed by atoms with Crippen molar-refractivity contribution in [3.63, 3.8) is 0 Å². The molecule has 0 radical (unpaired) electrons. The summed E-state index contributed by atoms with van der Waals surface area (Å²) in [6, 6.07) is 8.95. The number of aromatic hydroxyl groups is 2. The highest BCUT2D eigenvalue weighted by molar-refractivity contribution is 7.85. The minimum Gasteiger partial charge on any atom is -0.506 e. The van der Waals surface area contributed by atoms with E-state index in [4.69, 9.17) is 20.5 Å². The van der Waals surface area contributed by atoms with Crippen LogP contribution in [-0.4, -0.2) is 28.1 Å². The van der Waals surface area contributed by atoms with Gasteiger partial charge in [-0.1, -0.05) is 12.1 Å². The van der Waals surface area contributed by atoms with Gasteiger partial charge in [-0.05, 0) is 24.3 Å². The van der Waals surface area contributed by atoms with Crippen LogP contribution in [0, 0.1) is 10.1 Å². The number of nitrogen functional groups attached to an aromatic ring is 1. The van der Waals surface area contributed by atoms with Crippen LogP contribution in [0.5, 0.6) is 11.5 Å². The van der Waals surface area contributed by atoms with Crippen LogP contribution in [0.1, 0.15) is 0 Å². The number of nitrogens with zero attached hydrogens (tertiary/aromatic N) is 1. The molecule has 0 amide bonds. The lowest BCUT2D eigenvalue weighted by molar-refractivity contribution is -0.386. The van der Waals surface area contributed by atoms with Crippen molar-refractivity contribution in [2.45, 2.75) is 4.90 Å². The maximum absolute atomic E-state index is 10.6. The van der Waals surface area contributed by atoms with Crippen LogP contribution >= 0.6 is 0 Å². The topological polar surface area (TPSA) is 164 Å². The highest BCUT2D eigenvalue weighted by atomic mass is 32.2. The fraction of sp³-hybridized carbons (Fsp3) is 0. The molecule has 0 saturated carbocycles. The van der Waals surface area contributed by atoms with E-state index in [0.29, 0.717) is 11.8 Å². The summed E-state index contributed by atoms with van der Waals surface area (Å²) in [7, 11) is -4.49. The first-order chi connectivity index (χ1) is 10.1. The lowest BCUT2D eigenvalue weighted by Crippen LogP contribution is -1.99. The van der Waals surface area contributed by atoms with Crippen LogP contribution in [0.3, 0.4) is 0 Å². The van der Waals surface area contributed by atoms with Gasteiger partial charge in [-0.25, -0.2) is 0 Å². The molecule has 0 aliphatic heterocycles. The summed E-state index contributed by atoms with van der Waals surface area (Å²) in [4.78, 5) is 8.68. The molecule has 9 nitrogen and oxygen atoms in total. The summed E-state index contributed by atoms with van der Waals surface area (Å²) in [5, 5.41) is 28.0. The van der Waals surface area contributed by atoms with Crippen LogP contribution in [0.4, 0.5) is 11.4 Å². The highest BCUT2D eigenvalue weighted by Gasteiger charge is 2.18. The third-order valence-corrected chi connectivity index (χ3v) is 3.23. The Bertz CT molecular complexity index is 769. The number of nitro groups is 1. The predicted octanol–water partition coefficient (Wildman–Crippen LogP) is 1.52. The molecule has 0 aliphatic rings. The molecule has 0 heterocycles. The summed E-state index contributed by atoms with van der Waals surface area (Å²) in [5.41, 5.74) is 4.92. The number of rotatable bonds is 2.